The number of carbonyl (C=O) groups excluding carboxylic acids is 2. The van der Waals surface area contributed by atoms with Crippen LogP contribution in [0.4, 0.5) is 0 Å². The molecule has 7 heteroatoms. The lowest BCUT2D eigenvalue weighted by Gasteiger charge is -2.26. The Hall–Kier alpha value is -3.01. The number of nitrogens with zero attached hydrogens (tertiary/aromatic N) is 3. The molecule has 0 aromatic heterocycles. The molecular weight excluding hydrogens is 310 g/mol. The van der Waals surface area contributed by atoms with Gasteiger partial charge in [-0.25, -0.2) is 5.01 Å². The van der Waals surface area contributed by atoms with Gasteiger partial charge in [0, 0.05) is 24.7 Å². The summed E-state index contributed by atoms with van der Waals surface area (Å²) >= 11 is 0. The van der Waals surface area contributed by atoms with E-state index in [1.54, 1.807) is 38.5 Å². The highest BCUT2D eigenvalue weighted by Gasteiger charge is 2.29. The van der Waals surface area contributed by atoms with E-state index in [-0.39, 0.29) is 18.2 Å². The molecular formula is C17H19N3O4. The molecule has 0 unspecified atom stereocenters. The van der Waals surface area contributed by atoms with Gasteiger partial charge in [-0.05, 0) is 30.7 Å². The van der Waals surface area contributed by atoms with Crippen molar-refractivity contribution in [1.29, 1.82) is 5.26 Å². The molecule has 126 valence electrons. The van der Waals surface area contributed by atoms with E-state index in [1.807, 2.05) is 6.07 Å². The molecule has 0 bridgehead atoms. The molecule has 1 heterocycles. The van der Waals surface area contributed by atoms with Gasteiger partial charge in [-0.1, -0.05) is 0 Å². The minimum atomic E-state index is -0.365. The van der Waals surface area contributed by atoms with Gasteiger partial charge in [0.15, 0.2) is 0 Å². The van der Waals surface area contributed by atoms with Crippen molar-refractivity contribution in [2.75, 3.05) is 27.3 Å². The summed E-state index contributed by atoms with van der Waals surface area (Å²) in [5.74, 6) is 0.577. The smallest absolute Gasteiger partial charge is 0.265 e. The highest BCUT2D eigenvalue weighted by molar-refractivity contribution is 5.94. The van der Waals surface area contributed by atoms with Crippen molar-refractivity contribution in [3.8, 4) is 17.6 Å². The van der Waals surface area contributed by atoms with Gasteiger partial charge in [0.25, 0.3) is 11.8 Å². The van der Waals surface area contributed by atoms with E-state index in [0.717, 1.165) is 0 Å². The summed E-state index contributed by atoms with van der Waals surface area (Å²) in [6, 6.07) is 7.08. The third kappa shape index (κ3) is 3.84. The monoisotopic (exact) mass is 329 g/mol. The number of carbonyl (C=O) groups is 2. The van der Waals surface area contributed by atoms with E-state index in [0.29, 0.717) is 36.6 Å². The topological polar surface area (TPSA) is 82.9 Å². The molecule has 0 saturated carbocycles. The molecule has 1 aliphatic rings. The zero-order valence-electron chi connectivity index (χ0n) is 13.7. The molecule has 7 nitrogen and oxygen atoms in total. The zero-order valence-corrected chi connectivity index (χ0v) is 13.7. The maximum Gasteiger partial charge on any atom is 0.265 e. The number of hydrogen-bond donors (Lipinski definition) is 0. The third-order valence-electron chi connectivity index (χ3n) is 3.65. The molecule has 1 saturated heterocycles. The average molecular weight is 329 g/mol. The summed E-state index contributed by atoms with van der Waals surface area (Å²) in [5.41, 5.74) is 0.694. The molecule has 1 aromatic rings. The first-order chi connectivity index (χ1) is 11.6. The van der Waals surface area contributed by atoms with Crippen molar-refractivity contribution in [3.05, 3.63) is 29.8 Å². The average Bonchev–Trinajstić information content (AvgIpc) is 3.09. The van der Waals surface area contributed by atoms with Crippen LogP contribution in [0, 0.1) is 11.3 Å². The molecule has 2 amide bonds. The third-order valence-corrected chi connectivity index (χ3v) is 3.65. The number of hydrogen-bond acceptors (Lipinski definition) is 5. The van der Waals surface area contributed by atoms with Crippen LogP contribution in [0.5, 0.6) is 11.5 Å². The molecule has 1 fully saturated rings. The lowest BCUT2D eigenvalue weighted by Crippen LogP contribution is -2.43. The van der Waals surface area contributed by atoms with Crippen LogP contribution in [0.2, 0.25) is 0 Å². The van der Waals surface area contributed by atoms with Crippen molar-refractivity contribution >= 4 is 17.9 Å². The van der Waals surface area contributed by atoms with E-state index in [9.17, 15) is 9.59 Å². The van der Waals surface area contributed by atoms with Crippen molar-refractivity contribution in [2.45, 2.75) is 12.8 Å². The number of benzene rings is 1. The quantitative estimate of drug-likeness (QED) is 0.766. The summed E-state index contributed by atoms with van der Waals surface area (Å²) in [6.07, 6.45) is 3.46. The van der Waals surface area contributed by atoms with Gasteiger partial charge in [-0.15, -0.1) is 0 Å². The van der Waals surface area contributed by atoms with Gasteiger partial charge in [-0.3, -0.25) is 14.6 Å². The van der Waals surface area contributed by atoms with E-state index in [4.69, 9.17) is 14.7 Å². The van der Waals surface area contributed by atoms with Gasteiger partial charge in [-0.2, -0.15) is 5.26 Å². The fourth-order valence-electron chi connectivity index (χ4n) is 2.48. The fraction of sp³-hybridized carbons (Fsp3) is 0.353. The Bertz CT molecular complexity index is 694. The van der Waals surface area contributed by atoms with Crippen molar-refractivity contribution in [3.63, 3.8) is 0 Å². The second-order valence-corrected chi connectivity index (χ2v) is 5.11. The van der Waals surface area contributed by atoms with Gasteiger partial charge in [0.1, 0.15) is 17.9 Å². The van der Waals surface area contributed by atoms with E-state index >= 15 is 0 Å². The van der Waals surface area contributed by atoms with E-state index in [2.05, 4.69) is 0 Å². The Morgan fingerprint density at radius 1 is 1.25 bits per heavy atom. The first-order valence-electron chi connectivity index (χ1n) is 7.49. The van der Waals surface area contributed by atoms with Crippen LogP contribution >= 0.6 is 0 Å². The fourth-order valence-corrected chi connectivity index (χ4v) is 2.48. The first-order valence-corrected chi connectivity index (χ1v) is 7.49. The highest BCUT2D eigenvalue weighted by atomic mass is 16.5. The first kappa shape index (κ1) is 17.3. The van der Waals surface area contributed by atoms with E-state index in [1.165, 1.54) is 16.1 Å². The molecule has 0 N–H and O–H groups in total. The van der Waals surface area contributed by atoms with Crippen LogP contribution in [-0.2, 0) is 9.59 Å². The number of rotatable bonds is 5. The molecule has 24 heavy (non-hydrogen) atoms. The lowest BCUT2D eigenvalue weighted by atomic mass is 10.1. The van der Waals surface area contributed by atoms with Gasteiger partial charge < -0.3 is 9.47 Å². The molecule has 1 aliphatic heterocycles. The summed E-state index contributed by atoms with van der Waals surface area (Å²) < 4.78 is 10.4. The van der Waals surface area contributed by atoms with Crippen LogP contribution in [0.3, 0.4) is 0 Å². The van der Waals surface area contributed by atoms with Gasteiger partial charge >= 0.3 is 0 Å². The van der Waals surface area contributed by atoms with Gasteiger partial charge in [0.2, 0.25) is 0 Å². The van der Waals surface area contributed by atoms with Gasteiger partial charge in [0.05, 0.1) is 20.3 Å². The maximum absolute atomic E-state index is 12.4. The number of ether oxygens (including phenoxy) is 2. The number of amides is 2. The zero-order chi connectivity index (χ0) is 17.5. The van der Waals surface area contributed by atoms with Crippen LogP contribution in [0.15, 0.2) is 24.3 Å². The second kappa shape index (κ2) is 8.02. The largest absolute Gasteiger partial charge is 0.497 e. The van der Waals surface area contributed by atoms with Crippen LogP contribution < -0.4 is 9.47 Å². The number of methoxy groups -OCH3 is 2. The molecule has 1 aromatic carbocycles. The summed E-state index contributed by atoms with van der Waals surface area (Å²) in [4.78, 5) is 24.2. The Morgan fingerprint density at radius 2 is 2.00 bits per heavy atom. The predicted molar refractivity (Wildman–Crippen MR) is 86.9 cm³/mol. The Labute approximate surface area is 140 Å². The Balaban J connectivity index is 2.15. The van der Waals surface area contributed by atoms with Crippen LogP contribution in [0.1, 0.15) is 18.4 Å². The minimum absolute atomic E-state index is 0.239. The summed E-state index contributed by atoms with van der Waals surface area (Å²) in [5, 5.41) is 11.3. The lowest BCUT2D eigenvalue weighted by molar-refractivity contribution is -0.154. The molecule has 0 radical (unpaired) electrons. The highest BCUT2D eigenvalue weighted by Crippen LogP contribution is 2.25. The molecule has 0 aliphatic carbocycles. The SMILES string of the molecule is COc1ccc(OC)c(C=CC(=O)N2CCCN2C(=O)CC#N)c1. The maximum atomic E-state index is 12.4. The van der Waals surface area contributed by atoms with Crippen molar-refractivity contribution in [1.82, 2.24) is 10.0 Å². The van der Waals surface area contributed by atoms with Crippen molar-refractivity contribution in [2.24, 2.45) is 0 Å². The molecule has 0 spiro atoms. The molecule has 0 atom stereocenters. The number of hydrazine groups is 1. The normalized spacial score (nSPS) is 13.9. The minimum Gasteiger partial charge on any atom is -0.497 e. The van der Waals surface area contributed by atoms with Crippen LogP contribution in [-0.4, -0.2) is 49.1 Å². The Kier molecular flexibility index (Phi) is 5.79. The van der Waals surface area contributed by atoms with E-state index < -0.39 is 0 Å². The molecule has 2 rings (SSSR count). The predicted octanol–water partition coefficient (Wildman–Crippen LogP) is 1.61. The second-order valence-electron chi connectivity index (χ2n) is 5.11. The van der Waals surface area contributed by atoms with Crippen LogP contribution in [0.25, 0.3) is 6.08 Å². The number of nitriles is 1. The van der Waals surface area contributed by atoms with Crippen molar-refractivity contribution < 1.29 is 19.1 Å². The summed E-state index contributed by atoms with van der Waals surface area (Å²) in [7, 11) is 3.10. The standard InChI is InChI=1S/C17H19N3O4/c1-23-14-5-6-15(24-2)13(12-14)4-7-16(21)19-10-3-11-20(19)17(22)8-9-18/h4-7,12H,3,8,10-11H2,1-2H3. The summed E-state index contributed by atoms with van der Waals surface area (Å²) in [6.45, 7) is 0.901. The Morgan fingerprint density at radius 3 is 2.67 bits per heavy atom.